The molecule has 0 atom stereocenters. The molecule has 0 radical (unpaired) electrons. The second-order valence-corrected chi connectivity index (χ2v) is 5.86. The van der Waals surface area contributed by atoms with Gasteiger partial charge in [0, 0.05) is 22.3 Å². The third-order valence-corrected chi connectivity index (χ3v) is 3.92. The lowest BCUT2D eigenvalue weighted by Crippen LogP contribution is -2.05. The summed E-state index contributed by atoms with van der Waals surface area (Å²) >= 11 is 7.49. The Morgan fingerprint density at radius 2 is 1.91 bits per heavy atom. The van der Waals surface area contributed by atoms with Gasteiger partial charge in [0.2, 0.25) is 0 Å². The maximum Gasteiger partial charge on any atom is 0.188 e. The molecule has 0 unspecified atom stereocenters. The molecule has 112 valence electrons. The van der Waals surface area contributed by atoms with Crippen LogP contribution in [0.2, 0.25) is 5.02 Å². The van der Waals surface area contributed by atoms with Crippen LogP contribution in [0, 0.1) is 6.92 Å². The zero-order valence-electron chi connectivity index (χ0n) is 11.7. The summed E-state index contributed by atoms with van der Waals surface area (Å²) in [5.41, 5.74) is 8.43. The van der Waals surface area contributed by atoms with Gasteiger partial charge in [-0.1, -0.05) is 17.7 Å². The molecule has 0 aliphatic carbocycles. The molecule has 2 aromatic heterocycles. The minimum atomic E-state index is 0.414. The van der Waals surface area contributed by atoms with Crippen LogP contribution in [0.4, 0.5) is 28.1 Å². The smallest absolute Gasteiger partial charge is 0.188 e. The van der Waals surface area contributed by atoms with Crippen molar-refractivity contribution < 1.29 is 0 Å². The molecule has 0 aliphatic rings. The van der Waals surface area contributed by atoms with Gasteiger partial charge in [-0.3, -0.25) is 0 Å². The Balaban J connectivity index is 1.89. The van der Waals surface area contributed by atoms with Crippen molar-refractivity contribution in [2.75, 3.05) is 16.4 Å². The Bertz CT molecular complexity index is 790. The fourth-order valence-electron chi connectivity index (χ4n) is 1.84. The minimum Gasteiger partial charge on any atom is -0.393 e. The van der Waals surface area contributed by atoms with Crippen molar-refractivity contribution in [2.45, 2.75) is 6.92 Å². The highest BCUT2D eigenvalue weighted by Crippen LogP contribution is 2.30. The molecule has 0 saturated carbocycles. The number of aryl methyl sites for hydroxylation is 1. The van der Waals surface area contributed by atoms with Crippen LogP contribution in [0.3, 0.4) is 0 Å². The lowest BCUT2D eigenvalue weighted by Gasteiger charge is -2.13. The van der Waals surface area contributed by atoms with Crippen molar-refractivity contribution in [3.63, 3.8) is 0 Å². The van der Waals surface area contributed by atoms with E-state index in [9.17, 15) is 0 Å². The predicted octanol–water partition coefficient (Wildman–Crippen LogP) is 3.96. The van der Waals surface area contributed by atoms with E-state index in [1.165, 1.54) is 17.7 Å². The van der Waals surface area contributed by atoms with Crippen LogP contribution < -0.4 is 16.4 Å². The molecular formula is C14H13ClN6S. The van der Waals surface area contributed by atoms with E-state index in [2.05, 4.69) is 25.6 Å². The van der Waals surface area contributed by atoms with Crippen molar-refractivity contribution in [2.24, 2.45) is 0 Å². The van der Waals surface area contributed by atoms with E-state index >= 15 is 0 Å². The molecule has 1 aromatic carbocycles. The summed E-state index contributed by atoms with van der Waals surface area (Å²) in [6.07, 6.45) is 3.15. The first-order valence-corrected chi connectivity index (χ1v) is 7.69. The summed E-state index contributed by atoms with van der Waals surface area (Å²) in [6.45, 7) is 1.98. The van der Waals surface area contributed by atoms with Crippen molar-refractivity contribution in [1.29, 1.82) is 0 Å². The van der Waals surface area contributed by atoms with Crippen molar-refractivity contribution >= 4 is 51.1 Å². The summed E-state index contributed by atoms with van der Waals surface area (Å²) in [7, 11) is 0. The molecule has 0 amide bonds. The molecule has 0 fully saturated rings. The van der Waals surface area contributed by atoms with Gasteiger partial charge in [0.1, 0.15) is 12.0 Å². The van der Waals surface area contributed by atoms with Gasteiger partial charge >= 0.3 is 0 Å². The Kier molecular flexibility index (Phi) is 4.08. The number of benzene rings is 1. The third kappa shape index (κ3) is 3.10. The Morgan fingerprint density at radius 3 is 2.64 bits per heavy atom. The van der Waals surface area contributed by atoms with Gasteiger partial charge in [0.15, 0.2) is 16.8 Å². The lowest BCUT2D eigenvalue weighted by molar-refractivity contribution is 1.17. The minimum absolute atomic E-state index is 0.414. The molecule has 3 rings (SSSR count). The van der Waals surface area contributed by atoms with Crippen LogP contribution in [-0.2, 0) is 0 Å². The number of nitrogens with zero attached hydrogens (tertiary/aromatic N) is 3. The lowest BCUT2D eigenvalue weighted by atomic mass is 10.2. The highest BCUT2D eigenvalue weighted by atomic mass is 35.5. The number of hydrogen-bond acceptors (Lipinski definition) is 7. The van der Waals surface area contributed by atoms with Gasteiger partial charge in [-0.05, 0) is 24.6 Å². The quantitative estimate of drug-likeness (QED) is 0.670. The van der Waals surface area contributed by atoms with Crippen molar-refractivity contribution in [1.82, 2.24) is 15.0 Å². The Morgan fingerprint density at radius 1 is 1.14 bits per heavy atom. The predicted molar refractivity (Wildman–Crippen MR) is 91.3 cm³/mol. The average molecular weight is 333 g/mol. The summed E-state index contributed by atoms with van der Waals surface area (Å²) in [5, 5.41) is 9.48. The van der Waals surface area contributed by atoms with Gasteiger partial charge in [0.05, 0.1) is 0 Å². The van der Waals surface area contributed by atoms with Gasteiger partial charge in [-0.2, -0.15) is 0 Å². The topological polar surface area (TPSA) is 88.8 Å². The molecular weight excluding hydrogens is 320 g/mol. The highest BCUT2D eigenvalue weighted by molar-refractivity contribution is 7.13. The number of rotatable bonds is 4. The van der Waals surface area contributed by atoms with Crippen LogP contribution in [0.25, 0.3) is 0 Å². The monoisotopic (exact) mass is 332 g/mol. The molecule has 22 heavy (non-hydrogen) atoms. The maximum atomic E-state index is 6.13. The summed E-state index contributed by atoms with van der Waals surface area (Å²) < 4.78 is 0. The van der Waals surface area contributed by atoms with Crippen LogP contribution >= 0.6 is 22.9 Å². The van der Waals surface area contributed by atoms with Gasteiger partial charge in [-0.15, -0.1) is 11.3 Å². The number of nitrogens with one attached hydrogen (secondary N) is 2. The number of thiazole rings is 1. The zero-order valence-corrected chi connectivity index (χ0v) is 13.2. The fraction of sp³-hybridized carbons (Fsp3) is 0.0714. The molecule has 4 N–H and O–H groups in total. The third-order valence-electron chi connectivity index (χ3n) is 2.99. The SMILES string of the molecule is Cc1ccc(Cl)cc1Nc1ncnc(Nc2nccs2)c1N. The van der Waals surface area contributed by atoms with Crippen LogP contribution in [0.15, 0.2) is 36.1 Å². The zero-order chi connectivity index (χ0) is 15.5. The molecule has 0 bridgehead atoms. The first kappa shape index (κ1) is 14.6. The Hall–Kier alpha value is -2.38. The standard InChI is InChI=1S/C14H13ClN6S/c1-8-2-3-9(15)6-10(8)20-12-11(16)13(19-7-18-12)21-14-17-4-5-22-14/h2-7H,16H2,1H3,(H2,17,18,19,20,21). The number of aromatic nitrogens is 3. The molecule has 0 aliphatic heterocycles. The molecule has 6 nitrogen and oxygen atoms in total. The largest absolute Gasteiger partial charge is 0.393 e. The average Bonchev–Trinajstić information content (AvgIpc) is 3.00. The van der Waals surface area contributed by atoms with E-state index in [4.69, 9.17) is 17.3 Å². The molecule has 3 aromatic rings. The highest BCUT2D eigenvalue weighted by Gasteiger charge is 2.10. The molecule has 0 spiro atoms. The summed E-state index contributed by atoms with van der Waals surface area (Å²) in [4.78, 5) is 12.5. The summed E-state index contributed by atoms with van der Waals surface area (Å²) in [5.74, 6) is 1.02. The molecule has 8 heteroatoms. The van der Waals surface area contributed by atoms with E-state index in [1.807, 2.05) is 30.5 Å². The normalized spacial score (nSPS) is 10.5. The van der Waals surface area contributed by atoms with Gasteiger partial charge in [-0.25, -0.2) is 15.0 Å². The second kappa shape index (κ2) is 6.17. The van der Waals surface area contributed by atoms with Crippen LogP contribution in [-0.4, -0.2) is 15.0 Å². The Labute approximate surface area is 136 Å². The van der Waals surface area contributed by atoms with Gasteiger partial charge < -0.3 is 16.4 Å². The van der Waals surface area contributed by atoms with E-state index in [0.717, 1.165) is 16.4 Å². The summed E-state index contributed by atoms with van der Waals surface area (Å²) in [6, 6.07) is 5.59. The van der Waals surface area contributed by atoms with E-state index in [0.29, 0.717) is 22.3 Å². The number of nitrogen functional groups attached to an aromatic ring is 1. The van der Waals surface area contributed by atoms with Crippen molar-refractivity contribution in [3.8, 4) is 0 Å². The fourth-order valence-corrected chi connectivity index (χ4v) is 2.54. The molecule has 0 saturated heterocycles. The number of halogens is 1. The number of hydrogen-bond donors (Lipinski definition) is 3. The van der Waals surface area contributed by atoms with Gasteiger partial charge in [0.25, 0.3) is 0 Å². The number of nitrogens with two attached hydrogens (primary N) is 1. The maximum absolute atomic E-state index is 6.13. The first-order chi connectivity index (χ1) is 10.6. The van der Waals surface area contributed by atoms with E-state index in [-0.39, 0.29) is 0 Å². The van der Waals surface area contributed by atoms with Crippen molar-refractivity contribution in [3.05, 3.63) is 46.7 Å². The van der Waals surface area contributed by atoms with E-state index < -0.39 is 0 Å². The molecule has 2 heterocycles. The van der Waals surface area contributed by atoms with Crippen LogP contribution in [0.1, 0.15) is 5.56 Å². The second-order valence-electron chi connectivity index (χ2n) is 4.53. The van der Waals surface area contributed by atoms with Crippen LogP contribution in [0.5, 0.6) is 0 Å². The first-order valence-electron chi connectivity index (χ1n) is 6.43. The number of anilines is 5. The van der Waals surface area contributed by atoms with E-state index in [1.54, 1.807) is 6.20 Å².